The molecule has 1 fully saturated rings. The molecule has 4 N–H and O–H groups in total. The van der Waals surface area contributed by atoms with Gasteiger partial charge in [0.05, 0.1) is 24.2 Å². The van der Waals surface area contributed by atoms with Crippen LogP contribution < -0.4 is 16.2 Å². The highest BCUT2D eigenvalue weighted by Gasteiger charge is 2.20. The van der Waals surface area contributed by atoms with Crippen LogP contribution in [-0.4, -0.2) is 12.1 Å². The number of pyridine rings is 1. The standard InChI is InChI=1S/C13H21N3O/c1-17-13-11(15)8-10(14)12(16-13)9-6-4-2-3-5-7-9/h8-9H,2-7,14-15H2,1H3. The highest BCUT2D eigenvalue weighted by molar-refractivity contribution is 5.60. The molecule has 0 unspecified atom stereocenters. The fraction of sp³-hybridized carbons (Fsp3) is 0.615. The third kappa shape index (κ3) is 2.62. The Morgan fingerprint density at radius 3 is 2.35 bits per heavy atom. The molecule has 0 radical (unpaired) electrons. The molecule has 1 heterocycles. The smallest absolute Gasteiger partial charge is 0.237 e. The van der Waals surface area contributed by atoms with Crippen molar-refractivity contribution < 1.29 is 4.74 Å². The molecule has 1 aromatic rings. The molecule has 0 aliphatic heterocycles. The van der Waals surface area contributed by atoms with E-state index in [0.29, 0.717) is 23.2 Å². The monoisotopic (exact) mass is 235 g/mol. The third-order valence-electron chi connectivity index (χ3n) is 3.51. The van der Waals surface area contributed by atoms with Gasteiger partial charge < -0.3 is 16.2 Å². The predicted octanol–water partition coefficient (Wildman–Crippen LogP) is 2.69. The summed E-state index contributed by atoms with van der Waals surface area (Å²) in [6.45, 7) is 0. The molecule has 1 aliphatic carbocycles. The normalized spacial score (nSPS) is 17.7. The van der Waals surface area contributed by atoms with E-state index in [1.165, 1.54) is 38.5 Å². The van der Waals surface area contributed by atoms with Crippen LogP contribution in [0.3, 0.4) is 0 Å². The van der Waals surface area contributed by atoms with Gasteiger partial charge >= 0.3 is 0 Å². The quantitative estimate of drug-likeness (QED) is 0.773. The van der Waals surface area contributed by atoms with Crippen molar-refractivity contribution >= 4 is 11.4 Å². The van der Waals surface area contributed by atoms with Crippen LogP contribution in [0, 0.1) is 0 Å². The minimum absolute atomic E-state index is 0.465. The Labute approximate surface area is 102 Å². The highest BCUT2D eigenvalue weighted by atomic mass is 16.5. The summed E-state index contributed by atoms with van der Waals surface area (Å²) in [6, 6.07) is 1.77. The number of nitrogens with zero attached hydrogens (tertiary/aromatic N) is 1. The second kappa shape index (κ2) is 5.25. The number of ether oxygens (including phenoxy) is 1. The Hall–Kier alpha value is -1.45. The van der Waals surface area contributed by atoms with Gasteiger partial charge in [0, 0.05) is 5.92 Å². The Balaban J connectivity index is 2.29. The Bertz CT molecular complexity index is 384. The number of nitrogen functional groups attached to an aromatic ring is 2. The number of hydrogen-bond acceptors (Lipinski definition) is 4. The van der Waals surface area contributed by atoms with E-state index in [0.717, 1.165) is 5.69 Å². The number of aromatic nitrogens is 1. The van der Waals surface area contributed by atoms with Crippen LogP contribution in [0.25, 0.3) is 0 Å². The average molecular weight is 235 g/mol. The summed E-state index contributed by atoms with van der Waals surface area (Å²) in [5.41, 5.74) is 14.0. The molecule has 0 bridgehead atoms. The summed E-state index contributed by atoms with van der Waals surface area (Å²) >= 11 is 0. The molecule has 0 aromatic carbocycles. The van der Waals surface area contributed by atoms with E-state index in [-0.39, 0.29) is 0 Å². The molecule has 1 aliphatic rings. The SMILES string of the molecule is COc1nc(C2CCCCCC2)c(N)cc1N. The highest BCUT2D eigenvalue weighted by Crippen LogP contribution is 2.36. The average Bonchev–Trinajstić information content (AvgIpc) is 2.58. The van der Waals surface area contributed by atoms with E-state index in [1.807, 2.05) is 0 Å². The van der Waals surface area contributed by atoms with Crippen molar-refractivity contribution in [2.45, 2.75) is 44.4 Å². The van der Waals surface area contributed by atoms with Crippen molar-refractivity contribution in [2.24, 2.45) is 0 Å². The molecule has 0 spiro atoms. The van der Waals surface area contributed by atoms with Crippen molar-refractivity contribution in [1.82, 2.24) is 4.98 Å². The summed E-state index contributed by atoms with van der Waals surface area (Å²) in [5, 5.41) is 0. The number of methoxy groups -OCH3 is 1. The second-order valence-corrected chi connectivity index (χ2v) is 4.75. The summed E-state index contributed by atoms with van der Waals surface area (Å²) in [4.78, 5) is 4.48. The second-order valence-electron chi connectivity index (χ2n) is 4.75. The number of nitrogens with two attached hydrogens (primary N) is 2. The molecular weight excluding hydrogens is 214 g/mol. The largest absolute Gasteiger partial charge is 0.480 e. The molecule has 0 atom stereocenters. The zero-order valence-corrected chi connectivity index (χ0v) is 10.4. The Morgan fingerprint density at radius 1 is 1.12 bits per heavy atom. The molecule has 94 valence electrons. The van der Waals surface area contributed by atoms with Crippen LogP contribution >= 0.6 is 0 Å². The van der Waals surface area contributed by atoms with Gasteiger partial charge in [-0.15, -0.1) is 0 Å². The number of hydrogen-bond donors (Lipinski definition) is 2. The maximum absolute atomic E-state index is 6.03. The van der Waals surface area contributed by atoms with E-state index >= 15 is 0 Å². The molecule has 0 amide bonds. The van der Waals surface area contributed by atoms with Gasteiger partial charge in [-0.1, -0.05) is 25.7 Å². The zero-order valence-electron chi connectivity index (χ0n) is 10.4. The van der Waals surface area contributed by atoms with Gasteiger partial charge in [0.1, 0.15) is 0 Å². The van der Waals surface area contributed by atoms with Crippen molar-refractivity contribution in [3.05, 3.63) is 11.8 Å². The number of anilines is 2. The minimum atomic E-state index is 0.465. The van der Waals surface area contributed by atoms with Crippen LogP contribution in [0.15, 0.2) is 6.07 Å². The van der Waals surface area contributed by atoms with Crippen molar-refractivity contribution in [3.63, 3.8) is 0 Å². The van der Waals surface area contributed by atoms with Crippen molar-refractivity contribution in [1.29, 1.82) is 0 Å². The molecule has 2 rings (SSSR count). The predicted molar refractivity (Wildman–Crippen MR) is 70.1 cm³/mol. The van der Waals surface area contributed by atoms with E-state index in [2.05, 4.69) is 4.98 Å². The lowest BCUT2D eigenvalue weighted by atomic mass is 9.95. The van der Waals surface area contributed by atoms with Crippen molar-refractivity contribution in [2.75, 3.05) is 18.6 Å². The van der Waals surface area contributed by atoms with Gasteiger partial charge in [-0.3, -0.25) is 0 Å². The first kappa shape index (κ1) is 12.0. The van der Waals surface area contributed by atoms with Gasteiger partial charge in [0.15, 0.2) is 0 Å². The number of rotatable bonds is 2. The Morgan fingerprint density at radius 2 is 1.76 bits per heavy atom. The van der Waals surface area contributed by atoms with Gasteiger partial charge in [-0.2, -0.15) is 0 Å². The van der Waals surface area contributed by atoms with E-state index in [9.17, 15) is 0 Å². The van der Waals surface area contributed by atoms with Crippen LogP contribution in [0.4, 0.5) is 11.4 Å². The maximum Gasteiger partial charge on any atom is 0.237 e. The van der Waals surface area contributed by atoms with Crippen LogP contribution in [-0.2, 0) is 0 Å². The first-order valence-corrected chi connectivity index (χ1v) is 6.32. The fourth-order valence-electron chi connectivity index (χ4n) is 2.58. The topological polar surface area (TPSA) is 74.2 Å². The first-order chi connectivity index (χ1) is 8.22. The van der Waals surface area contributed by atoms with Crippen LogP contribution in [0.1, 0.15) is 50.1 Å². The van der Waals surface area contributed by atoms with Gasteiger partial charge in [0.25, 0.3) is 0 Å². The van der Waals surface area contributed by atoms with E-state index < -0.39 is 0 Å². The van der Waals surface area contributed by atoms with Gasteiger partial charge in [-0.05, 0) is 18.9 Å². The summed E-state index contributed by atoms with van der Waals surface area (Å²) in [7, 11) is 1.59. The van der Waals surface area contributed by atoms with Gasteiger partial charge in [-0.25, -0.2) is 4.98 Å². The Kier molecular flexibility index (Phi) is 3.71. The van der Waals surface area contributed by atoms with E-state index in [1.54, 1.807) is 13.2 Å². The molecule has 4 nitrogen and oxygen atoms in total. The zero-order chi connectivity index (χ0) is 12.3. The molecule has 4 heteroatoms. The molecular formula is C13H21N3O. The van der Waals surface area contributed by atoms with Crippen LogP contribution in [0.2, 0.25) is 0 Å². The third-order valence-corrected chi connectivity index (χ3v) is 3.51. The molecule has 1 saturated carbocycles. The molecule has 1 aromatic heterocycles. The summed E-state index contributed by atoms with van der Waals surface area (Å²) in [5.74, 6) is 0.963. The van der Waals surface area contributed by atoms with Gasteiger partial charge in [0.2, 0.25) is 5.88 Å². The molecule has 17 heavy (non-hydrogen) atoms. The minimum Gasteiger partial charge on any atom is -0.480 e. The van der Waals surface area contributed by atoms with Crippen LogP contribution in [0.5, 0.6) is 5.88 Å². The first-order valence-electron chi connectivity index (χ1n) is 6.32. The lowest BCUT2D eigenvalue weighted by Crippen LogP contribution is -2.08. The summed E-state index contributed by atoms with van der Waals surface area (Å²) < 4.78 is 5.17. The lowest BCUT2D eigenvalue weighted by Gasteiger charge is -2.17. The lowest BCUT2D eigenvalue weighted by molar-refractivity contribution is 0.396. The maximum atomic E-state index is 6.03. The summed E-state index contributed by atoms with van der Waals surface area (Å²) in [6.07, 6.45) is 7.51. The fourth-order valence-corrected chi connectivity index (χ4v) is 2.58. The van der Waals surface area contributed by atoms with E-state index in [4.69, 9.17) is 16.2 Å². The molecule has 0 saturated heterocycles. The van der Waals surface area contributed by atoms with Crippen molar-refractivity contribution in [3.8, 4) is 5.88 Å².